The van der Waals surface area contributed by atoms with E-state index in [1.165, 1.54) is 35.5 Å². The lowest BCUT2D eigenvalue weighted by Crippen LogP contribution is -2.55. The van der Waals surface area contributed by atoms with Gasteiger partial charge in [0.05, 0.1) is 23.0 Å². The summed E-state index contributed by atoms with van der Waals surface area (Å²) >= 11 is 0. The summed E-state index contributed by atoms with van der Waals surface area (Å²) in [4.78, 5) is 40.1. The number of aromatic nitrogens is 4. The van der Waals surface area contributed by atoms with Gasteiger partial charge in [0.25, 0.3) is 0 Å². The molecule has 4 heterocycles. The highest BCUT2D eigenvalue weighted by atomic mass is 19.3. The quantitative estimate of drug-likeness (QED) is 0.256. The third kappa shape index (κ3) is 6.46. The van der Waals surface area contributed by atoms with Gasteiger partial charge in [0.15, 0.2) is 5.82 Å². The molecule has 0 saturated carbocycles. The van der Waals surface area contributed by atoms with Crippen molar-refractivity contribution >= 4 is 28.7 Å². The van der Waals surface area contributed by atoms with Crippen molar-refractivity contribution in [2.75, 3.05) is 18.4 Å². The number of nitrogens with zero attached hydrogens (tertiary/aromatic N) is 5. The number of benzene rings is 2. The van der Waals surface area contributed by atoms with E-state index in [1.54, 1.807) is 46.8 Å². The van der Waals surface area contributed by atoms with E-state index in [-0.39, 0.29) is 41.8 Å². The first-order valence-electron chi connectivity index (χ1n) is 15.2. The number of imidazole rings is 1. The Labute approximate surface area is 268 Å². The molecule has 4 aromatic rings. The average Bonchev–Trinajstić information content (AvgIpc) is 3.49. The fourth-order valence-corrected chi connectivity index (χ4v) is 5.91. The van der Waals surface area contributed by atoms with E-state index in [2.05, 4.69) is 20.3 Å². The van der Waals surface area contributed by atoms with Crippen LogP contribution >= 0.6 is 0 Å². The van der Waals surface area contributed by atoms with Crippen molar-refractivity contribution in [3.8, 4) is 16.9 Å². The highest BCUT2D eigenvalue weighted by Crippen LogP contribution is 2.44. The summed E-state index contributed by atoms with van der Waals surface area (Å²) in [6.07, 6.45) is 3.25. The molecule has 1 saturated heterocycles. The van der Waals surface area contributed by atoms with Crippen LogP contribution in [0.1, 0.15) is 64.3 Å². The molecule has 11 nitrogen and oxygen atoms in total. The molecule has 0 radical (unpaired) electrons. The van der Waals surface area contributed by atoms with Gasteiger partial charge in [0, 0.05) is 60.3 Å². The van der Waals surface area contributed by atoms with Gasteiger partial charge < -0.3 is 29.4 Å². The van der Waals surface area contributed by atoms with E-state index in [0.29, 0.717) is 40.8 Å². The third-order valence-electron chi connectivity index (χ3n) is 8.09. The summed E-state index contributed by atoms with van der Waals surface area (Å²) in [6.45, 7) is 5.53. The van der Waals surface area contributed by atoms with Crippen molar-refractivity contribution in [3.05, 3.63) is 65.8 Å². The first-order valence-corrected chi connectivity index (χ1v) is 15.2. The molecule has 0 bridgehead atoms. The smallest absolute Gasteiger partial charge is 0.410 e. The lowest BCUT2D eigenvalue weighted by Gasteiger charge is -2.38. The van der Waals surface area contributed by atoms with Gasteiger partial charge in [-0.15, -0.1) is 0 Å². The molecule has 248 valence electrons. The Morgan fingerprint density at radius 1 is 1.09 bits per heavy atom. The van der Waals surface area contributed by atoms with Crippen LogP contribution in [-0.4, -0.2) is 66.8 Å². The van der Waals surface area contributed by atoms with Crippen molar-refractivity contribution in [1.29, 1.82) is 0 Å². The largest absolute Gasteiger partial charge is 0.444 e. The Balaban J connectivity index is 1.33. The van der Waals surface area contributed by atoms with Crippen LogP contribution in [0.2, 0.25) is 0 Å². The first kappa shape index (κ1) is 32.2. The lowest BCUT2D eigenvalue weighted by atomic mass is 9.97. The average molecular weight is 653 g/mol. The van der Waals surface area contributed by atoms with Gasteiger partial charge in [-0.2, -0.15) is 8.78 Å². The number of amides is 2. The Morgan fingerprint density at radius 2 is 1.79 bits per heavy atom. The van der Waals surface area contributed by atoms with Crippen molar-refractivity contribution in [3.63, 3.8) is 0 Å². The van der Waals surface area contributed by atoms with Gasteiger partial charge >= 0.3 is 12.7 Å². The maximum Gasteiger partial charge on any atom is 0.410 e. The molecule has 6 rings (SSSR count). The molecule has 1 fully saturated rings. The van der Waals surface area contributed by atoms with Crippen LogP contribution in [0, 0.1) is 11.7 Å². The number of hydrogen-bond donors (Lipinski definition) is 2. The maximum absolute atomic E-state index is 15.4. The number of carbonyl (C=O) groups excluding carboxylic acids is 2. The number of anilines is 1. The molecule has 1 atom stereocenters. The van der Waals surface area contributed by atoms with E-state index in [1.807, 2.05) is 4.57 Å². The van der Waals surface area contributed by atoms with E-state index in [4.69, 9.17) is 9.47 Å². The van der Waals surface area contributed by atoms with Crippen LogP contribution in [0.15, 0.2) is 42.7 Å². The van der Waals surface area contributed by atoms with Crippen LogP contribution in [0.4, 0.5) is 23.7 Å². The van der Waals surface area contributed by atoms with Crippen molar-refractivity contribution < 1.29 is 37.3 Å². The topological polar surface area (TPSA) is 132 Å². The normalized spacial score (nSPS) is 16.7. The second-order valence-electron chi connectivity index (χ2n) is 13.3. The molecule has 2 amide bonds. The van der Waals surface area contributed by atoms with Gasteiger partial charge in [-0.3, -0.25) is 4.79 Å². The van der Waals surface area contributed by atoms with Crippen LogP contribution in [-0.2, 0) is 21.6 Å². The third-order valence-corrected chi connectivity index (χ3v) is 8.09. The minimum Gasteiger partial charge on any atom is -0.444 e. The molecule has 0 unspecified atom stereocenters. The van der Waals surface area contributed by atoms with Crippen LogP contribution in [0.25, 0.3) is 22.2 Å². The van der Waals surface area contributed by atoms with E-state index in [0.717, 1.165) is 0 Å². The van der Waals surface area contributed by atoms with Gasteiger partial charge in [0.1, 0.15) is 28.6 Å². The van der Waals surface area contributed by atoms with E-state index >= 15 is 4.39 Å². The SMILES string of the molecule is CC(C)(C)OC(=O)N1CC(C(=O)Nc2cccc(OC(F)F)c2[C@H]2CCc3nc4cc(F)c(-c5cnc(C(C)(C)O)nc5)cc4n32)C1. The number of aliphatic hydroxyl groups is 1. The standard InChI is InChI=1S/C33H35F3N6O5/c1-32(2,3)47-31(44)41-15-18(16-41)28(43)40-21-7-6-8-25(46-30(35)36)27(21)23-9-10-26-39-22-12-20(34)19(11-24(22)42(23)26)17-13-37-29(38-14-17)33(4,5)45/h6-8,11-14,18,23,30,45H,9-10,15-16H2,1-5H3,(H,40,43)/t23-/m1/s1. The molecule has 2 aliphatic heterocycles. The Morgan fingerprint density at radius 3 is 2.43 bits per heavy atom. The zero-order valence-electron chi connectivity index (χ0n) is 26.6. The van der Waals surface area contributed by atoms with Gasteiger partial charge in [-0.05, 0) is 59.2 Å². The van der Waals surface area contributed by atoms with Crippen molar-refractivity contribution in [1.82, 2.24) is 24.4 Å². The number of alkyl halides is 2. The second kappa shape index (κ2) is 11.8. The number of nitrogens with one attached hydrogen (secondary N) is 1. The number of likely N-dealkylation sites (tertiary alicyclic amines) is 1. The predicted octanol–water partition coefficient (Wildman–Crippen LogP) is 5.80. The molecular weight excluding hydrogens is 617 g/mol. The van der Waals surface area contributed by atoms with Crippen LogP contribution in [0.3, 0.4) is 0 Å². The Bertz CT molecular complexity index is 1840. The number of rotatable bonds is 7. The van der Waals surface area contributed by atoms with Gasteiger partial charge in [-0.25, -0.2) is 24.1 Å². The number of halogens is 3. The molecule has 47 heavy (non-hydrogen) atoms. The molecule has 2 N–H and O–H groups in total. The molecule has 2 aliphatic rings. The molecule has 14 heteroatoms. The van der Waals surface area contributed by atoms with Crippen molar-refractivity contribution in [2.24, 2.45) is 5.92 Å². The molecule has 0 spiro atoms. The minimum absolute atomic E-state index is 0.112. The minimum atomic E-state index is -3.12. The Kier molecular flexibility index (Phi) is 8.10. The zero-order valence-corrected chi connectivity index (χ0v) is 26.6. The number of aryl methyl sites for hydroxylation is 1. The molecule has 2 aromatic carbocycles. The van der Waals surface area contributed by atoms with E-state index in [9.17, 15) is 23.5 Å². The summed E-state index contributed by atoms with van der Waals surface area (Å²) in [5, 5.41) is 13.1. The molecule has 2 aromatic heterocycles. The zero-order chi connectivity index (χ0) is 33.8. The van der Waals surface area contributed by atoms with Gasteiger partial charge in [0.2, 0.25) is 5.91 Å². The number of fused-ring (bicyclic) bond motifs is 3. The molecular formula is C33H35F3N6O5. The summed E-state index contributed by atoms with van der Waals surface area (Å²) < 4.78 is 54.8. The number of hydrogen-bond acceptors (Lipinski definition) is 8. The highest BCUT2D eigenvalue weighted by Gasteiger charge is 2.39. The van der Waals surface area contributed by atoms with Crippen LogP contribution in [0.5, 0.6) is 5.75 Å². The maximum atomic E-state index is 15.4. The van der Waals surface area contributed by atoms with Crippen molar-refractivity contribution in [2.45, 2.75) is 71.3 Å². The van der Waals surface area contributed by atoms with Gasteiger partial charge in [-0.1, -0.05) is 6.07 Å². The highest BCUT2D eigenvalue weighted by molar-refractivity contribution is 5.95. The first-order chi connectivity index (χ1) is 22.1. The fraction of sp³-hybridized carbons (Fsp3) is 0.424. The summed E-state index contributed by atoms with van der Waals surface area (Å²) in [5.41, 5.74) is 0.127. The molecule has 0 aliphatic carbocycles. The monoisotopic (exact) mass is 652 g/mol. The summed E-state index contributed by atoms with van der Waals surface area (Å²) in [7, 11) is 0. The fourth-order valence-electron chi connectivity index (χ4n) is 5.91. The summed E-state index contributed by atoms with van der Waals surface area (Å²) in [5.74, 6) is -0.782. The summed E-state index contributed by atoms with van der Waals surface area (Å²) in [6, 6.07) is 6.85. The van der Waals surface area contributed by atoms with E-state index < -0.39 is 41.7 Å². The second-order valence-corrected chi connectivity index (χ2v) is 13.3. The van der Waals surface area contributed by atoms with Crippen LogP contribution < -0.4 is 10.1 Å². The number of carbonyl (C=O) groups is 2. The lowest BCUT2D eigenvalue weighted by molar-refractivity contribution is -0.124. The number of ether oxygens (including phenoxy) is 2. The Hall–Kier alpha value is -4.72. The predicted molar refractivity (Wildman–Crippen MR) is 165 cm³/mol.